The zero-order chi connectivity index (χ0) is 13.5. The van der Waals surface area contributed by atoms with Gasteiger partial charge in [-0.25, -0.2) is 0 Å². The van der Waals surface area contributed by atoms with Crippen LogP contribution in [0.3, 0.4) is 0 Å². The molecule has 3 heteroatoms. The van der Waals surface area contributed by atoms with Gasteiger partial charge in [0.15, 0.2) is 0 Å². The minimum absolute atomic E-state index is 0.433. The van der Waals surface area contributed by atoms with Crippen molar-refractivity contribution in [3.63, 3.8) is 0 Å². The Morgan fingerprint density at radius 1 is 0.947 bits per heavy atom. The van der Waals surface area contributed by atoms with Crippen molar-refractivity contribution in [2.75, 3.05) is 5.75 Å². The zero-order valence-electron chi connectivity index (χ0n) is 12.5. The third-order valence-electron chi connectivity index (χ3n) is 4.85. The zero-order valence-corrected chi connectivity index (χ0v) is 13.4. The molecule has 4 atom stereocenters. The van der Waals surface area contributed by atoms with Crippen LogP contribution in [0.5, 0.6) is 0 Å². The van der Waals surface area contributed by atoms with Crippen LogP contribution in [0.2, 0.25) is 0 Å². The molecule has 0 aromatic carbocycles. The average Bonchev–Trinajstić information content (AvgIpc) is 2.40. The maximum atomic E-state index is 12.5. The molecule has 0 amide bonds. The summed E-state index contributed by atoms with van der Waals surface area (Å²) < 4.78 is 12.5. The maximum Gasteiger partial charge on any atom is 0.0501 e. The molecular formula is C16H31NOS. The van der Waals surface area contributed by atoms with Crippen LogP contribution in [0, 0.1) is 0 Å². The first kappa shape index (κ1) is 15.5. The van der Waals surface area contributed by atoms with Gasteiger partial charge >= 0.3 is 0 Å². The molecule has 0 radical (unpaired) electrons. The second-order valence-corrected chi connectivity index (χ2v) is 8.07. The number of hydrogen-bond acceptors (Lipinski definition) is 2. The first-order chi connectivity index (χ1) is 9.31. The fourth-order valence-electron chi connectivity index (χ4n) is 3.57. The van der Waals surface area contributed by atoms with E-state index in [0.717, 1.165) is 12.2 Å². The minimum atomic E-state index is -0.591. The van der Waals surface area contributed by atoms with Crippen LogP contribution in [0.4, 0.5) is 0 Å². The van der Waals surface area contributed by atoms with E-state index in [2.05, 4.69) is 12.2 Å². The van der Waals surface area contributed by atoms with E-state index in [-0.39, 0.29) is 0 Å². The molecule has 0 spiro atoms. The Hall–Kier alpha value is 0.110. The molecule has 19 heavy (non-hydrogen) atoms. The highest BCUT2D eigenvalue weighted by molar-refractivity contribution is 7.85. The Kier molecular flexibility index (Phi) is 6.86. The van der Waals surface area contributed by atoms with Gasteiger partial charge in [-0.15, -0.1) is 0 Å². The highest BCUT2D eigenvalue weighted by Gasteiger charge is 2.33. The first-order valence-corrected chi connectivity index (χ1v) is 9.82. The van der Waals surface area contributed by atoms with Crippen LogP contribution in [-0.4, -0.2) is 27.3 Å². The van der Waals surface area contributed by atoms with Gasteiger partial charge in [0.1, 0.15) is 0 Å². The van der Waals surface area contributed by atoms with E-state index in [1.165, 1.54) is 64.2 Å². The summed E-state index contributed by atoms with van der Waals surface area (Å²) in [5.74, 6) is 0.887. The van der Waals surface area contributed by atoms with Crippen molar-refractivity contribution in [2.24, 2.45) is 0 Å². The maximum absolute atomic E-state index is 12.5. The van der Waals surface area contributed by atoms with Crippen molar-refractivity contribution in [3.05, 3.63) is 0 Å². The van der Waals surface area contributed by atoms with Crippen LogP contribution in [-0.2, 0) is 10.8 Å². The van der Waals surface area contributed by atoms with Gasteiger partial charge in [0.25, 0.3) is 0 Å². The smallest absolute Gasteiger partial charge is 0.0501 e. The molecule has 1 aliphatic carbocycles. The van der Waals surface area contributed by atoms with Crippen molar-refractivity contribution in [3.8, 4) is 0 Å². The van der Waals surface area contributed by atoms with Gasteiger partial charge in [-0.3, -0.25) is 4.21 Å². The van der Waals surface area contributed by atoms with Gasteiger partial charge in [-0.05, 0) is 19.3 Å². The predicted molar refractivity (Wildman–Crippen MR) is 84.0 cm³/mol. The molecule has 1 N–H and O–H groups in total. The van der Waals surface area contributed by atoms with E-state index in [9.17, 15) is 4.21 Å². The topological polar surface area (TPSA) is 29.1 Å². The Morgan fingerprint density at radius 2 is 1.53 bits per heavy atom. The average molecular weight is 285 g/mol. The molecule has 0 bridgehead atoms. The molecule has 1 saturated carbocycles. The quantitative estimate of drug-likeness (QED) is 0.794. The van der Waals surface area contributed by atoms with Gasteiger partial charge in [0.05, 0.1) is 5.25 Å². The van der Waals surface area contributed by atoms with E-state index < -0.39 is 10.8 Å². The first-order valence-electron chi connectivity index (χ1n) is 8.44. The minimum Gasteiger partial charge on any atom is -0.309 e. The largest absolute Gasteiger partial charge is 0.309 e. The fourth-order valence-corrected chi connectivity index (χ4v) is 5.56. The molecular weight excluding hydrogens is 254 g/mol. The van der Waals surface area contributed by atoms with Crippen molar-refractivity contribution in [1.82, 2.24) is 5.32 Å². The monoisotopic (exact) mass is 285 g/mol. The van der Waals surface area contributed by atoms with E-state index in [1.54, 1.807) is 0 Å². The number of fused-ring (bicyclic) bond motifs is 1. The van der Waals surface area contributed by atoms with E-state index in [0.29, 0.717) is 17.3 Å². The summed E-state index contributed by atoms with van der Waals surface area (Å²) in [6.45, 7) is 2.21. The molecule has 4 unspecified atom stereocenters. The van der Waals surface area contributed by atoms with E-state index >= 15 is 0 Å². The second kappa shape index (κ2) is 8.41. The molecule has 1 heterocycles. The lowest BCUT2D eigenvalue weighted by Crippen LogP contribution is -2.55. The van der Waals surface area contributed by atoms with Crippen LogP contribution in [0.15, 0.2) is 0 Å². The van der Waals surface area contributed by atoms with Crippen LogP contribution in [0.1, 0.15) is 77.6 Å². The molecule has 2 aliphatic rings. The van der Waals surface area contributed by atoms with Gasteiger partial charge < -0.3 is 5.32 Å². The molecule has 1 aliphatic heterocycles. The lowest BCUT2D eigenvalue weighted by molar-refractivity contribution is 0.356. The predicted octanol–water partition coefficient (Wildman–Crippen LogP) is 3.77. The standard InChI is InChI=1S/C16H31NOS/c1-2-14-13-19(18)16-12-10-8-6-4-3-5-7-9-11-15(16)17-14/h14-17H,2-13H2,1H3. The summed E-state index contributed by atoms with van der Waals surface area (Å²) in [5, 5.41) is 4.23. The Labute approximate surface area is 121 Å². The van der Waals surface area contributed by atoms with Crippen molar-refractivity contribution in [2.45, 2.75) is 94.9 Å². The van der Waals surface area contributed by atoms with Gasteiger partial charge in [0.2, 0.25) is 0 Å². The Bertz CT molecular complexity index is 282. The number of rotatable bonds is 1. The normalized spacial score (nSPS) is 38.8. The van der Waals surface area contributed by atoms with Gasteiger partial charge in [0, 0.05) is 28.6 Å². The van der Waals surface area contributed by atoms with Crippen LogP contribution in [0.25, 0.3) is 0 Å². The summed E-state index contributed by atoms with van der Waals surface area (Å²) in [4.78, 5) is 0. The molecule has 2 nitrogen and oxygen atoms in total. The highest BCUT2D eigenvalue weighted by atomic mass is 32.2. The van der Waals surface area contributed by atoms with Crippen molar-refractivity contribution < 1.29 is 4.21 Å². The van der Waals surface area contributed by atoms with Crippen molar-refractivity contribution >= 4 is 10.8 Å². The lowest BCUT2D eigenvalue weighted by Gasteiger charge is -2.37. The van der Waals surface area contributed by atoms with Crippen LogP contribution >= 0.6 is 0 Å². The van der Waals surface area contributed by atoms with Crippen molar-refractivity contribution in [1.29, 1.82) is 0 Å². The SMILES string of the molecule is CCC1CS(=O)C2CCCCCCCCCCC2N1. The molecule has 1 saturated heterocycles. The van der Waals surface area contributed by atoms with E-state index in [1.807, 2.05) is 0 Å². The fraction of sp³-hybridized carbons (Fsp3) is 1.00. The highest BCUT2D eigenvalue weighted by Crippen LogP contribution is 2.24. The third kappa shape index (κ3) is 4.86. The molecule has 0 aromatic rings. The number of hydrogen-bond donors (Lipinski definition) is 1. The molecule has 2 rings (SSSR count). The second-order valence-electron chi connectivity index (χ2n) is 6.37. The van der Waals surface area contributed by atoms with Crippen LogP contribution < -0.4 is 5.32 Å². The van der Waals surface area contributed by atoms with Gasteiger partial charge in [-0.1, -0.05) is 58.3 Å². The Morgan fingerprint density at radius 3 is 2.16 bits per heavy atom. The Balaban J connectivity index is 1.94. The summed E-state index contributed by atoms with van der Waals surface area (Å²) in [7, 11) is -0.591. The summed E-state index contributed by atoms with van der Waals surface area (Å²) in [5.41, 5.74) is 0. The third-order valence-corrected chi connectivity index (χ3v) is 6.82. The van der Waals surface area contributed by atoms with E-state index in [4.69, 9.17) is 0 Å². The molecule has 112 valence electrons. The lowest BCUT2D eigenvalue weighted by atomic mass is 9.96. The molecule has 2 fully saturated rings. The summed E-state index contributed by atoms with van der Waals surface area (Å²) in [6, 6.07) is 1.02. The summed E-state index contributed by atoms with van der Waals surface area (Å²) in [6.07, 6.45) is 14.5. The molecule has 0 aromatic heterocycles. The summed E-state index contributed by atoms with van der Waals surface area (Å²) >= 11 is 0. The van der Waals surface area contributed by atoms with Gasteiger partial charge in [-0.2, -0.15) is 0 Å². The number of nitrogens with one attached hydrogen (secondary N) is 1.